The number of nitro benzene ring substituents is 4. The van der Waals surface area contributed by atoms with E-state index in [2.05, 4.69) is 9.99 Å². The number of alkyl halides is 2. The molecule has 0 spiro atoms. The molecule has 25 nitrogen and oxygen atoms in total. The Balaban J connectivity index is 0.000000289. The van der Waals surface area contributed by atoms with Crippen LogP contribution in [0.4, 0.5) is 31.5 Å². The average Bonchev–Trinajstić information content (AvgIpc) is 3.58. The molecular weight excluding hydrogens is 896 g/mol. The van der Waals surface area contributed by atoms with Gasteiger partial charge in [-0.3, -0.25) is 40.5 Å². The Bertz CT molecular complexity index is 2420. The van der Waals surface area contributed by atoms with Crippen molar-refractivity contribution in [1.29, 1.82) is 0 Å². The van der Waals surface area contributed by atoms with Gasteiger partial charge in [0.2, 0.25) is 0 Å². The van der Waals surface area contributed by atoms with Gasteiger partial charge >= 0.3 is 23.9 Å². The predicted octanol–water partition coefficient (Wildman–Crippen LogP) is 4.16. The van der Waals surface area contributed by atoms with Gasteiger partial charge in [0.15, 0.2) is 30.8 Å². The van der Waals surface area contributed by atoms with E-state index in [1.54, 1.807) is 0 Å². The lowest BCUT2D eigenvalue weighted by molar-refractivity contribution is -0.385. The van der Waals surface area contributed by atoms with Crippen LogP contribution in [0.5, 0.6) is 0 Å². The van der Waals surface area contributed by atoms with Gasteiger partial charge in [-0.25, -0.2) is 28.0 Å². The number of aliphatic hydroxyl groups is 2. The van der Waals surface area contributed by atoms with Crippen LogP contribution in [0.15, 0.2) is 102 Å². The fraction of sp³-hybridized carbons (Fsp3) is 0.256. The monoisotopic (exact) mass is 929 g/mol. The van der Waals surface area contributed by atoms with Gasteiger partial charge in [-0.15, -0.1) is 0 Å². The largest absolute Gasteiger partial charge is 0.459 e. The minimum Gasteiger partial charge on any atom is -0.459 e. The van der Waals surface area contributed by atoms with Gasteiger partial charge in [0, 0.05) is 48.5 Å². The molecule has 348 valence electrons. The fourth-order valence-electron chi connectivity index (χ4n) is 5.37. The molecule has 4 aromatic carbocycles. The maximum Gasteiger partial charge on any atom is 0.338 e. The summed E-state index contributed by atoms with van der Waals surface area (Å²) in [6.45, 7) is -1.40. The highest BCUT2D eigenvalue weighted by molar-refractivity contribution is 5.91. The van der Waals surface area contributed by atoms with E-state index in [-0.39, 0.29) is 45.0 Å². The molecular formula is C39H33F2N5O20. The van der Waals surface area contributed by atoms with Gasteiger partial charge in [-0.1, -0.05) is 5.16 Å². The Hall–Kier alpha value is -8.43. The van der Waals surface area contributed by atoms with E-state index in [0.29, 0.717) is 6.21 Å². The molecule has 5 rings (SSSR count). The summed E-state index contributed by atoms with van der Waals surface area (Å²) in [6.07, 6.45) is -12.4. The molecule has 1 fully saturated rings. The second-order valence-corrected chi connectivity index (χ2v) is 13.1. The van der Waals surface area contributed by atoms with Crippen LogP contribution in [-0.4, -0.2) is 123 Å². The first kappa shape index (κ1) is 50.2. The summed E-state index contributed by atoms with van der Waals surface area (Å²) in [5.41, 5.74) is -1.41. The molecule has 4 aromatic rings. The Morgan fingerprint density at radius 3 is 1.45 bits per heavy atom. The smallest absolute Gasteiger partial charge is 0.338 e. The van der Waals surface area contributed by atoms with Crippen molar-refractivity contribution in [2.45, 2.75) is 43.0 Å². The number of non-ortho nitro benzene ring substituents is 4. The van der Waals surface area contributed by atoms with Crippen molar-refractivity contribution in [3.63, 3.8) is 0 Å². The maximum atomic E-state index is 14.6. The molecule has 1 heterocycles. The number of ether oxygens (including phenoxy) is 5. The molecule has 0 aromatic heterocycles. The summed E-state index contributed by atoms with van der Waals surface area (Å²) >= 11 is 0. The highest BCUT2D eigenvalue weighted by Gasteiger charge is 2.48. The van der Waals surface area contributed by atoms with Crippen LogP contribution in [0.2, 0.25) is 0 Å². The molecule has 0 bridgehead atoms. The van der Waals surface area contributed by atoms with Gasteiger partial charge in [0.1, 0.15) is 32.5 Å². The van der Waals surface area contributed by atoms with Crippen LogP contribution in [0, 0.1) is 40.5 Å². The normalized spacial score (nSPS) is 17.7. The van der Waals surface area contributed by atoms with Crippen LogP contribution in [0.3, 0.4) is 0 Å². The summed E-state index contributed by atoms with van der Waals surface area (Å²) in [7, 11) is 1.13. The lowest BCUT2D eigenvalue weighted by Gasteiger charge is -2.24. The number of aliphatic hydroxyl groups excluding tert-OH is 2. The number of benzene rings is 4. The summed E-state index contributed by atoms with van der Waals surface area (Å²) in [4.78, 5) is 93.3. The molecule has 0 saturated carbocycles. The lowest BCUT2D eigenvalue weighted by Crippen LogP contribution is -2.43. The molecule has 0 amide bonds. The Morgan fingerprint density at radius 1 is 0.682 bits per heavy atom. The van der Waals surface area contributed by atoms with E-state index < -0.39 is 99.8 Å². The third-order valence-electron chi connectivity index (χ3n) is 8.77. The summed E-state index contributed by atoms with van der Waals surface area (Å²) < 4.78 is 53.7. The second kappa shape index (κ2) is 23.3. The van der Waals surface area contributed by atoms with Crippen molar-refractivity contribution in [2.75, 3.05) is 20.3 Å². The number of carbonyl (C=O) groups excluding carboxylic acids is 4. The van der Waals surface area contributed by atoms with Crippen molar-refractivity contribution < 1.29 is 86.4 Å². The van der Waals surface area contributed by atoms with Gasteiger partial charge < -0.3 is 38.7 Å². The quantitative estimate of drug-likeness (QED) is 0.0465. The minimum atomic E-state index is -2.19. The zero-order valence-electron chi connectivity index (χ0n) is 33.5. The Labute approximate surface area is 367 Å². The van der Waals surface area contributed by atoms with Crippen molar-refractivity contribution >= 4 is 52.8 Å². The summed E-state index contributed by atoms with van der Waals surface area (Å²) in [6, 6.07) is 17.5. The average molecular weight is 930 g/mol. The fourth-order valence-corrected chi connectivity index (χ4v) is 5.37. The maximum absolute atomic E-state index is 14.6. The standard InChI is InChI=1S/C20H18FN3O10.C19H15FN2O10/c1-32-22-10-16(21)18(34-20(27)13-4-8-15(9-5-13)24(30)31)17(25)11-33-19(26)12-2-6-14(7-3-12)23(28)29;20-15-16(32-18(24)11-3-7-13(8-4-11)22(28)29)14(31-19(15)25)9-30-17(23)10-1-5-12(6-2-10)21(26)27/h2-10,16-18,25H,11H2,1H3;1-8,14-16,19,25H,9H2/t16-,17-,18+;14-,15+,16-,19?/m11/s1. The van der Waals surface area contributed by atoms with Crippen LogP contribution >= 0.6 is 0 Å². The van der Waals surface area contributed by atoms with Crippen LogP contribution in [0.25, 0.3) is 0 Å². The molecule has 7 atom stereocenters. The summed E-state index contributed by atoms with van der Waals surface area (Å²) in [5, 5.41) is 65.9. The van der Waals surface area contributed by atoms with Gasteiger partial charge in [0.05, 0.1) is 48.2 Å². The SMILES string of the molecule is CON=C[C@@H](F)[C@H](OC(=O)c1ccc([N+](=O)[O-])cc1)[C@H](O)COC(=O)c1ccc([N+](=O)[O-])cc1.O=C(OC[C@H]1OC(O)[C@@H](F)[C@@H]1OC(=O)c1ccc([N+](=O)[O-])cc1)c1ccc([N+](=O)[O-])cc1. The molecule has 66 heavy (non-hydrogen) atoms. The number of rotatable bonds is 18. The molecule has 1 aliphatic heterocycles. The first-order chi connectivity index (χ1) is 31.3. The number of hydrogen-bond acceptors (Lipinski definition) is 21. The number of nitrogens with zero attached hydrogens (tertiary/aromatic N) is 5. The molecule has 1 aliphatic rings. The van der Waals surface area contributed by atoms with Crippen molar-refractivity contribution in [3.8, 4) is 0 Å². The zero-order chi connectivity index (χ0) is 48.7. The van der Waals surface area contributed by atoms with Crippen molar-refractivity contribution in [3.05, 3.63) is 160 Å². The first-order valence-corrected chi connectivity index (χ1v) is 18.4. The molecule has 1 unspecified atom stereocenters. The van der Waals surface area contributed by atoms with E-state index in [9.17, 15) is 78.6 Å². The highest BCUT2D eigenvalue weighted by Crippen LogP contribution is 2.28. The molecule has 1 saturated heterocycles. The van der Waals surface area contributed by atoms with E-state index >= 15 is 0 Å². The molecule has 0 radical (unpaired) electrons. The Kier molecular flexibility index (Phi) is 17.7. The molecule has 27 heteroatoms. The van der Waals surface area contributed by atoms with Crippen molar-refractivity contribution in [2.24, 2.45) is 5.16 Å². The molecule has 0 aliphatic carbocycles. The highest BCUT2D eigenvalue weighted by atomic mass is 19.1. The number of carbonyl (C=O) groups is 4. The van der Waals surface area contributed by atoms with E-state index in [1.807, 2.05) is 0 Å². The van der Waals surface area contributed by atoms with Crippen LogP contribution in [0.1, 0.15) is 41.4 Å². The van der Waals surface area contributed by atoms with Gasteiger partial charge in [-0.2, -0.15) is 0 Å². The van der Waals surface area contributed by atoms with E-state index in [1.165, 1.54) is 0 Å². The Morgan fingerprint density at radius 2 is 1.06 bits per heavy atom. The number of nitro groups is 4. The van der Waals surface area contributed by atoms with Crippen LogP contribution in [-0.2, 0) is 28.5 Å². The molecule has 2 N–H and O–H groups in total. The minimum absolute atomic E-state index is 0.0228. The lowest BCUT2D eigenvalue weighted by atomic mass is 10.1. The number of hydrogen-bond donors (Lipinski definition) is 2. The second-order valence-electron chi connectivity index (χ2n) is 13.1. The zero-order valence-corrected chi connectivity index (χ0v) is 33.5. The predicted molar refractivity (Wildman–Crippen MR) is 214 cm³/mol. The topological polar surface area (TPSA) is 349 Å². The third-order valence-corrected chi connectivity index (χ3v) is 8.77. The van der Waals surface area contributed by atoms with Crippen molar-refractivity contribution in [1.82, 2.24) is 0 Å². The third kappa shape index (κ3) is 13.8. The number of oxime groups is 1. The first-order valence-electron chi connectivity index (χ1n) is 18.4. The number of esters is 4. The van der Waals surface area contributed by atoms with Gasteiger partial charge in [-0.05, 0) is 48.5 Å². The van der Waals surface area contributed by atoms with E-state index in [0.717, 1.165) is 104 Å². The van der Waals surface area contributed by atoms with Crippen LogP contribution < -0.4 is 0 Å². The number of halogens is 2. The van der Waals surface area contributed by atoms with Gasteiger partial charge in [0.25, 0.3) is 22.7 Å². The summed E-state index contributed by atoms with van der Waals surface area (Å²) in [5.74, 6) is -4.03. The van der Waals surface area contributed by atoms with E-state index in [4.69, 9.17) is 23.7 Å².